The van der Waals surface area contributed by atoms with Gasteiger partial charge in [-0.05, 0) is 49.9 Å². The summed E-state index contributed by atoms with van der Waals surface area (Å²) in [6.45, 7) is 10.2. The van der Waals surface area contributed by atoms with Crippen molar-refractivity contribution in [2.75, 3.05) is 39.4 Å². The molecule has 31 heavy (non-hydrogen) atoms. The molecule has 2 aromatic carbocycles. The average molecular weight is 425 g/mol. The highest BCUT2D eigenvalue weighted by Crippen LogP contribution is 2.49. The van der Waals surface area contributed by atoms with Gasteiger partial charge in [0.15, 0.2) is 0 Å². The molecule has 0 radical (unpaired) electrons. The van der Waals surface area contributed by atoms with Crippen molar-refractivity contribution >= 4 is 12.2 Å². The van der Waals surface area contributed by atoms with Crippen molar-refractivity contribution in [1.29, 1.82) is 0 Å². The maximum absolute atomic E-state index is 12.7. The summed E-state index contributed by atoms with van der Waals surface area (Å²) in [6, 6.07) is 16.1. The summed E-state index contributed by atoms with van der Waals surface area (Å²) < 4.78 is 11.6. The standard InChI is InChI=1S/C25H32N2O4/c1-5-26(6-2)23(28)30-17-25(18-31-24(29)27(7-3)8-4)21-15-11-9-13-19(21)20-14-10-12-16-22(20)25/h9-16H,5-8,17-18H2,1-4H3. The number of hydrogen-bond acceptors (Lipinski definition) is 4. The molecule has 0 aromatic heterocycles. The van der Waals surface area contributed by atoms with Crippen LogP contribution < -0.4 is 0 Å². The van der Waals surface area contributed by atoms with Crippen molar-refractivity contribution in [2.45, 2.75) is 33.1 Å². The van der Waals surface area contributed by atoms with Crippen LogP contribution in [0, 0.1) is 0 Å². The van der Waals surface area contributed by atoms with Gasteiger partial charge in [0.25, 0.3) is 0 Å². The number of ether oxygens (including phenoxy) is 2. The van der Waals surface area contributed by atoms with Crippen LogP contribution in [0.2, 0.25) is 0 Å². The van der Waals surface area contributed by atoms with Crippen LogP contribution in [0.5, 0.6) is 0 Å². The third-order valence-electron chi connectivity index (χ3n) is 6.10. The molecule has 0 unspecified atom stereocenters. The minimum absolute atomic E-state index is 0.0991. The molecule has 0 heterocycles. The minimum atomic E-state index is -0.751. The first-order valence-electron chi connectivity index (χ1n) is 11.0. The van der Waals surface area contributed by atoms with Gasteiger partial charge in [0, 0.05) is 26.2 Å². The molecule has 0 N–H and O–H groups in total. The van der Waals surface area contributed by atoms with Gasteiger partial charge in [-0.25, -0.2) is 9.59 Å². The van der Waals surface area contributed by atoms with E-state index < -0.39 is 5.41 Å². The molecule has 2 amide bonds. The quantitative estimate of drug-likeness (QED) is 0.604. The molecule has 3 rings (SSSR count). The van der Waals surface area contributed by atoms with E-state index in [2.05, 4.69) is 12.1 Å². The second kappa shape index (κ2) is 9.86. The molecule has 166 valence electrons. The normalized spacial score (nSPS) is 13.2. The monoisotopic (exact) mass is 424 g/mol. The third kappa shape index (κ3) is 4.24. The second-order valence-corrected chi connectivity index (χ2v) is 7.63. The molecule has 1 aliphatic rings. The maximum atomic E-state index is 12.7. The molecule has 1 aliphatic carbocycles. The molecule has 0 spiro atoms. The Morgan fingerprint density at radius 2 is 1.03 bits per heavy atom. The van der Waals surface area contributed by atoms with Gasteiger partial charge in [-0.1, -0.05) is 48.5 Å². The van der Waals surface area contributed by atoms with Crippen LogP contribution in [0.3, 0.4) is 0 Å². The number of nitrogens with zero attached hydrogens (tertiary/aromatic N) is 2. The van der Waals surface area contributed by atoms with Crippen molar-refractivity contribution in [3.63, 3.8) is 0 Å². The molecule has 0 aliphatic heterocycles. The van der Waals surface area contributed by atoms with Gasteiger partial charge in [-0.2, -0.15) is 0 Å². The zero-order valence-electron chi connectivity index (χ0n) is 18.9. The number of rotatable bonds is 8. The lowest BCUT2D eigenvalue weighted by atomic mass is 9.79. The fourth-order valence-corrected chi connectivity index (χ4v) is 4.28. The van der Waals surface area contributed by atoms with E-state index in [0.29, 0.717) is 26.2 Å². The summed E-state index contributed by atoms with van der Waals surface area (Å²) in [5, 5.41) is 0. The van der Waals surface area contributed by atoms with E-state index in [1.807, 2.05) is 64.1 Å². The summed E-state index contributed by atoms with van der Waals surface area (Å²) in [7, 11) is 0. The van der Waals surface area contributed by atoms with Gasteiger partial charge < -0.3 is 19.3 Å². The Morgan fingerprint density at radius 1 is 0.677 bits per heavy atom. The highest BCUT2D eigenvalue weighted by Gasteiger charge is 2.46. The van der Waals surface area contributed by atoms with Gasteiger partial charge in [0.2, 0.25) is 0 Å². The lowest BCUT2D eigenvalue weighted by Crippen LogP contribution is -2.42. The van der Waals surface area contributed by atoms with Crippen molar-refractivity contribution < 1.29 is 19.1 Å². The van der Waals surface area contributed by atoms with Crippen molar-refractivity contribution in [1.82, 2.24) is 9.80 Å². The summed E-state index contributed by atoms with van der Waals surface area (Å²) in [6.07, 6.45) is -0.720. The molecular formula is C25H32N2O4. The number of carbonyl (C=O) groups is 2. The van der Waals surface area contributed by atoms with E-state index in [4.69, 9.17) is 9.47 Å². The number of fused-ring (bicyclic) bond motifs is 3. The number of carbonyl (C=O) groups excluding carboxylic acids is 2. The molecule has 0 fully saturated rings. The second-order valence-electron chi connectivity index (χ2n) is 7.63. The van der Waals surface area contributed by atoms with Crippen LogP contribution in [0.25, 0.3) is 11.1 Å². The first kappa shape index (κ1) is 22.7. The molecule has 2 aromatic rings. The Labute approximate surface area is 184 Å². The highest BCUT2D eigenvalue weighted by atomic mass is 16.6. The number of benzene rings is 2. The Kier molecular flexibility index (Phi) is 7.21. The number of amides is 2. The first-order valence-corrected chi connectivity index (χ1v) is 11.0. The molecule has 6 nitrogen and oxygen atoms in total. The molecule has 0 bridgehead atoms. The Morgan fingerprint density at radius 3 is 1.39 bits per heavy atom. The van der Waals surface area contributed by atoms with Crippen LogP contribution in [0.1, 0.15) is 38.8 Å². The summed E-state index contributed by atoms with van der Waals surface area (Å²) in [5.74, 6) is 0. The van der Waals surface area contributed by atoms with Gasteiger partial charge in [0.05, 0.1) is 5.41 Å². The van der Waals surface area contributed by atoms with E-state index in [-0.39, 0.29) is 25.4 Å². The minimum Gasteiger partial charge on any atom is -0.448 e. The van der Waals surface area contributed by atoms with Gasteiger partial charge in [0.1, 0.15) is 13.2 Å². The van der Waals surface area contributed by atoms with Crippen LogP contribution in [0.15, 0.2) is 48.5 Å². The summed E-state index contributed by atoms with van der Waals surface area (Å²) >= 11 is 0. The summed E-state index contributed by atoms with van der Waals surface area (Å²) in [5.41, 5.74) is 3.43. The predicted molar refractivity (Wildman–Crippen MR) is 121 cm³/mol. The van der Waals surface area contributed by atoms with E-state index in [1.54, 1.807) is 9.80 Å². The lowest BCUT2D eigenvalue weighted by molar-refractivity contribution is 0.0542. The highest BCUT2D eigenvalue weighted by molar-refractivity contribution is 5.82. The van der Waals surface area contributed by atoms with Crippen LogP contribution in [-0.2, 0) is 14.9 Å². The smallest absolute Gasteiger partial charge is 0.409 e. The van der Waals surface area contributed by atoms with Gasteiger partial charge >= 0.3 is 12.2 Å². The first-order chi connectivity index (χ1) is 15.0. The summed E-state index contributed by atoms with van der Waals surface area (Å²) in [4.78, 5) is 28.6. The zero-order chi connectivity index (χ0) is 22.4. The van der Waals surface area contributed by atoms with E-state index in [1.165, 1.54) is 0 Å². The third-order valence-corrected chi connectivity index (χ3v) is 6.10. The van der Waals surface area contributed by atoms with Crippen LogP contribution in [0.4, 0.5) is 9.59 Å². The van der Waals surface area contributed by atoms with Gasteiger partial charge in [-0.15, -0.1) is 0 Å². The zero-order valence-corrected chi connectivity index (χ0v) is 18.9. The molecule has 0 saturated carbocycles. The van der Waals surface area contributed by atoms with E-state index in [9.17, 15) is 9.59 Å². The van der Waals surface area contributed by atoms with Gasteiger partial charge in [-0.3, -0.25) is 0 Å². The average Bonchev–Trinajstić information content (AvgIpc) is 3.08. The Hall–Kier alpha value is -3.02. The van der Waals surface area contributed by atoms with Crippen LogP contribution >= 0.6 is 0 Å². The fraction of sp³-hybridized carbons (Fsp3) is 0.440. The van der Waals surface area contributed by atoms with Crippen molar-refractivity contribution in [3.05, 3.63) is 59.7 Å². The largest absolute Gasteiger partial charge is 0.448 e. The Balaban J connectivity index is 1.99. The molecule has 6 heteroatoms. The van der Waals surface area contributed by atoms with Crippen molar-refractivity contribution in [2.24, 2.45) is 0 Å². The number of hydrogen-bond donors (Lipinski definition) is 0. The SMILES string of the molecule is CCN(CC)C(=O)OCC1(COC(=O)N(CC)CC)c2ccccc2-c2ccccc21. The van der Waals surface area contributed by atoms with Crippen LogP contribution in [-0.4, -0.2) is 61.4 Å². The fourth-order valence-electron chi connectivity index (χ4n) is 4.28. The molecule has 0 saturated heterocycles. The Bertz CT molecular complexity index is 844. The topological polar surface area (TPSA) is 59.1 Å². The lowest BCUT2D eigenvalue weighted by Gasteiger charge is -2.32. The molecular weight excluding hydrogens is 392 g/mol. The molecule has 0 atom stereocenters. The van der Waals surface area contributed by atoms with E-state index in [0.717, 1.165) is 22.3 Å². The van der Waals surface area contributed by atoms with Crippen molar-refractivity contribution in [3.8, 4) is 11.1 Å². The predicted octanol–water partition coefficient (Wildman–Crippen LogP) is 4.91. The van der Waals surface area contributed by atoms with E-state index >= 15 is 0 Å². The maximum Gasteiger partial charge on any atom is 0.409 e.